The third-order valence-electron chi connectivity index (χ3n) is 2.84. The highest BCUT2D eigenvalue weighted by atomic mass is 19.2. The Hall–Kier alpha value is -1.49. The molecule has 0 saturated carbocycles. The molecule has 92 valence electrons. The van der Waals surface area contributed by atoms with Crippen molar-refractivity contribution in [1.82, 2.24) is 10.2 Å². The first-order chi connectivity index (χ1) is 8.09. The highest BCUT2D eigenvalue weighted by Gasteiger charge is 2.24. The van der Waals surface area contributed by atoms with Crippen LogP contribution in [0, 0.1) is 11.6 Å². The van der Waals surface area contributed by atoms with E-state index in [4.69, 9.17) is 0 Å². The first kappa shape index (κ1) is 12.0. The van der Waals surface area contributed by atoms with Crippen molar-refractivity contribution in [3.63, 3.8) is 0 Å². The van der Waals surface area contributed by atoms with Crippen molar-refractivity contribution in [3.05, 3.63) is 35.4 Å². The van der Waals surface area contributed by atoms with Crippen LogP contribution < -0.4 is 5.32 Å². The number of rotatable bonds is 1. The second-order valence-electron chi connectivity index (χ2n) is 4.21. The number of nitrogens with zero attached hydrogens (tertiary/aromatic N) is 1. The molecule has 0 unspecified atom stereocenters. The summed E-state index contributed by atoms with van der Waals surface area (Å²) in [6.45, 7) is 3.64. The van der Waals surface area contributed by atoms with E-state index < -0.39 is 17.5 Å². The molecule has 1 aliphatic rings. The summed E-state index contributed by atoms with van der Waals surface area (Å²) in [6.07, 6.45) is 0. The largest absolute Gasteiger partial charge is 0.336 e. The summed E-state index contributed by atoms with van der Waals surface area (Å²) in [4.78, 5) is 13.6. The number of halogens is 2. The Kier molecular flexibility index (Phi) is 3.38. The van der Waals surface area contributed by atoms with Gasteiger partial charge in [-0.2, -0.15) is 0 Å². The quantitative estimate of drug-likeness (QED) is 0.804. The molecule has 1 heterocycles. The van der Waals surface area contributed by atoms with E-state index in [0.29, 0.717) is 19.6 Å². The van der Waals surface area contributed by atoms with E-state index in [1.165, 1.54) is 12.1 Å². The highest BCUT2D eigenvalue weighted by molar-refractivity contribution is 5.94. The number of piperazine rings is 1. The van der Waals surface area contributed by atoms with Gasteiger partial charge in [0.25, 0.3) is 5.91 Å². The number of amides is 1. The lowest BCUT2D eigenvalue weighted by atomic mass is 10.1. The molecular weight excluding hydrogens is 226 g/mol. The van der Waals surface area contributed by atoms with E-state index in [1.54, 1.807) is 4.90 Å². The molecule has 2 rings (SSSR count). The Morgan fingerprint density at radius 1 is 1.47 bits per heavy atom. The van der Waals surface area contributed by atoms with Gasteiger partial charge in [-0.05, 0) is 19.1 Å². The van der Waals surface area contributed by atoms with Gasteiger partial charge in [0.15, 0.2) is 11.6 Å². The van der Waals surface area contributed by atoms with Crippen LogP contribution in [0.15, 0.2) is 18.2 Å². The van der Waals surface area contributed by atoms with Gasteiger partial charge in [0.05, 0.1) is 5.56 Å². The second-order valence-corrected chi connectivity index (χ2v) is 4.21. The van der Waals surface area contributed by atoms with E-state index in [1.807, 2.05) is 6.92 Å². The van der Waals surface area contributed by atoms with Crippen molar-refractivity contribution in [1.29, 1.82) is 0 Å². The number of carbonyl (C=O) groups excluding carboxylic acids is 1. The molecule has 1 amide bonds. The summed E-state index contributed by atoms with van der Waals surface area (Å²) in [5.74, 6) is -2.50. The van der Waals surface area contributed by atoms with Gasteiger partial charge >= 0.3 is 0 Å². The monoisotopic (exact) mass is 240 g/mol. The molecule has 1 fully saturated rings. The molecule has 1 aromatic carbocycles. The second kappa shape index (κ2) is 4.79. The molecule has 1 saturated heterocycles. The molecule has 5 heteroatoms. The Labute approximate surface area is 98.4 Å². The van der Waals surface area contributed by atoms with Gasteiger partial charge in [0.2, 0.25) is 0 Å². The van der Waals surface area contributed by atoms with Crippen LogP contribution >= 0.6 is 0 Å². The Morgan fingerprint density at radius 2 is 2.24 bits per heavy atom. The average molecular weight is 240 g/mol. The molecule has 1 atom stereocenters. The van der Waals surface area contributed by atoms with E-state index >= 15 is 0 Å². The fourth-order valence-electron chi connectivity index (χ4n) is 1.96. The molecule has 3 nitrogen and oxygen atoms in total. The number of hydrogen-bond donors (Lipinski definition) is 1. The molecule has 1 N–H and O–H groups in total. The summed E-state index contributed by atoms with van der Waals surface area (Å²) < 4.78 is 26.5. The standard InChI is InChI=1S/C12H14F2N2O/c1-8-7-16(6-5-15-8)12(17)9-3-2-4-10(13)11(9)14/h2-4,8,15H,5-7H2,1H3/t8-/m1/s1. The van der Waals surface area contributed by atoms with E-state index in [9.17, 15) is 13.6 Å². The van der Waals surface area contributed by atoms with Crippen LogP contribution in [0.25, 0.3) is 0 Å². The predicted octanol–water partition coefficient (Wildman–Crippen LogP) is 1.40. The van der Waals surface area contributed by atoms with Gasteiger partial charge in [-0.25, -0.2) is 8.78 Å². The van der Waals surface area contributed by atoms with Crippen molar-refractivity contribution in [2.75, 3.05) is 19.6 Å². The normalized spacial score (nSPS) is 20.4. The van der Waals surface area contributed by atoms with Crippen LogP contribution in [0.1, 0.15) is 17.3 Å². The smallest absolute Gasteiger partial charge is 0.257 e. The molecule has 1 aliphatic heterocycles. The lowest BCUT2D eigenvalue weighted by Gasteiger charge is -2.32. The lowest BCUT2D eigenvalue weighted by molar-refractivity contribution is 0.0703. The Morgan fingerprint density at radius 3 is 2.94 bits per heavy atom. The van der Waals surface area contributed by atoms with Gasteiger partial charge in [0, 0.05) is 25.7 Å². The third kappa shape index (κ3) is 2.44. The molecule has 0 aliphatic carbocycles. The van der Waals surface area contributed by atoms with Gasteiger partial charge in [-0.15, -0.1) is 0 Å². The van der Waals surface area contributed by atoms with Crippen LogP contribution in [0.3, 0.4) is 0 Å². The molecule has 1 aromatic rings. The summed E-state index contributed by atoms with van der Waals surface area (Å²) in [5.41, 5.74) is -0.195. The van der Waals surface area contributed by atoms with Crippen LogP contribution in [-0.4, -0.2) is 36.5 Å². The molecule has 0 spiro atoms. The van der Waals surface area contributed by atoms with Crippen LogP contribution in [0.4, 0.5) is 8.78 Å². The zero-order chi connectivity index (χ0) is 12.4. The van der Waals surface area contributed by atoms with Crippen molar-refractivity contribution < 1.29 is 13.6 Å². The molecular formula is C12H14F2N2O. The van der Waals surface area contributed by atoms with Gasteiger partial charge in [0.1, 0.15) is 0 Å². The average Bonchev–Trinajstić information content (AvgIpc) is 2.32. The molecule has 0 bridgehead atoms. The van der Waals surface area contributed by atoms with Gasteiger partial charge in [-0.1, -0.05) is 6.07 Å². The van der Waals surface area contributed by atoms with Crippen molar-refractivity contribution in [3.8, 4) is 0 Å². The summed E-state index contributed by atoms with van der Waals surface area (Å²) >= 11 is 0. The zero-order valence-corrected chi connectivity index (χ0v) is 9.54. The minimum Gasteiger partial charge on any atom is -0.336 e. The van der Waals surface area contributed by atoms with Crippen molar-refractivity contribution >= 4 is 5.91 Å². The summed E-state index contributed by atoms with van der Waals surface area (Å²) in [5, 5.41) is 3.18. The third-order valence-corrected chi connectivity index (χ3v) is 2.84. The predicted molar refractivity (Wildman–Crippen MR) is 59.7 cm³/mol. The number of carbonyl (C=O) groups is 1. The van der Waals surface area contributed by atoms with Crippen molar-refractivity contribution in [2.24, 2.45) is 0 Å². The zero-order valence-electron chi connectivity index (χ0n) is 9.54. The summed E-state index contributed by atoms with van der Waals surface area (Å²) in [7, 11) is 0. The van der Waals surface area contributed by atoms with E-state index in [-0.39, 0.29) is 11.6 Å². The maximum absolute atomic E-state index is 13.5. The molecule has 17 heavy (non-hydrogen) atoms. The molecule has 0 aromatic heterocycles. The minimum absolute atomic E-state index is 0.171. The lowest BCUT2D eigenvalue weighted by Crippen LogP contribution is -2.51. The summed E-state index contributed by atoms with van der Waals surface area (Å²) in [6, 6.07) is 3.83. The van der Waals surface area contributed by atoms with Crippen LogP contribution in [-0.2, 0) is 0 Å². The fourth-order valence-corrected chi connectivity index (χ4v) is 1.96. The van der Waals surface area contributed by atoms with Crippen LogP contribution in [0.2, 0.25) is 0 Å². The topological polar surface area (TPSA) is 32.3 Å². The Balaban J connectivity index is 2.22. The van der Waals surface area contributed by atoms with Gasteiger partial charge < -0.3 is 10.2 Å². The number of benzene rings is 1. The van der Waals surface area contributed by atoms with Crippen LogP contribution in [0.5, 0.6) is 0 Å². The highest BCUT2D eigenvalue weighted by Crippen LogP contribution is 2.14. The Bertz CT molecular complexity index is 437. The SMILES string of the molecule is C[C@@H]1CN(C(=O)c2cccc(F)c2F)CCN1. The molecule has 0 radical (unpaired) electrons. The maximum Gasteiger partial charge on any atom is 0.257 e. The fraction of sp³-hybridized carbons (Fsp3) is 0.417. The first-order valence-electron chi connectivity index (χ1n) is 5.56. The van der Waals surface area contributed by atoms with Crippen molar-refractivity contribution in [2.45, 2.75) is 13.0 Å². The number of nitrogens with one attached hydrogen (secondary N) is 1. The van der Waals surface area contributed by atoms with Gasteiger partial charge in [-0.3, -0.25) is 4.79 Å². The maximum atomic E-state index is 13.5. The number of hydrogen-bond acceptors (Lipinski definition) is 2. The first-order valence-corrected chi connectivity index (χ1v) is 5.56. The van der Waals surface area contributed by atoms with E-state index in [2.05, 4.69) is 5.32 Å². The van der Waals surface area contributed by atoms with E-state index in [0.717, 1.165) is 6.07 Å². The minimum atomic E-state index is -1.07.